The van der Waals surface area contributed by atoms with Crippen molar-refractivity contribution >= 4 is 61.5 Å². The molecule has 0 saturated heterocycles. The van der Waals surface area contributed by atoms with Crippen LogP contribution in [0.2, 0.25) is 0 Å². The molecule has 0 unspecified atom stereocenters. The van der Waals surface area contributed by atoms with Gasteiger partial charge in [-0.05, 0) is 77.5 Å². The molecule has 0 saturated carbocycles. The van der Waals surface area contributed by atoms with Gasteiger partial charge in [-0.25, -0.2) is 10.2 Å². The van der Waals surface area contributed by atoms with Crippen LogP contribution < -0.4 is 15.5 Å². The van der Waals surface area contributed by atoms with Gasteiger partial charge in [0.15, 0.2) is 11.5 Å². The van der Waals surface area contributed by atoms with Crippen LogP contribution in [-0.4, -0.2) is 24.0 Å². The third-order valence-electron chi connectivity index (χ3n) is 5.02. The molecule has 4 aromatic rings. The van der Waals surface area contributed by atoms with Crippen molar-refractivity contribution in [1.29, 1.82) is 0 Å². The Hall–Kier alpha value is -4.02. The van der Waals surface area contributed by atoms with E-state index in [1.165, 1.54) is 24.6 Å². The highest BCUT2D eigenvalue weighted by molar-refractivity contribution is 9.11. The molecule has 8 nitrogen and oxygen atoms in total. The predicted octanol–water partition coefficient (Wildman–Crippen LogP) is 6.35. The Morgan fingerprint density at radius 2 is 1.70 bits per heavy atom. The van der Waals surface area contributed by atoms with Gasteiger partial charge in [0, 0.05) is 21.3 Å². The van der Waals surface area contributed by atoms with Gasteiger partial charge in [-0.1, -0.05) is 39.7 Å². The zero-order valence-corrected chi connectivity index (χ0v) is 22.5. The summed E-state index contributed by atoms with van der Waals surface area (Å²) < 4.78 is 11.9. The fourth-order valence-electron chi connectivity index (χ4n) is 3.19. The molecule has 2 N–H and O–H groups in total. The first-order valence-electron chi connectivity index (χ1n) is 10.9. The zero-order chi connectivity index (χ0) is 26.4. The van der Waals surface area contributed by atoms with E-state index in [2.05, 4.69) is 47.7 Å². The van der Waals surface area contributed by atoms with Crippen LogP contribution in [0.1, 0.15) is 42.4 Å². The number of rotatable bonds is 7. The summed E-state index contributed by atoms with van der Waals surface area (Å²) in [5, 5.41) is 6.69. The third kappa shape index (κ3) is 6.81. The maximum absolute atomic E-state index is 12.7. The van der Waals surface area contributed by atoms with Crippen LogP contribution in [0.4, 0.5) is 5.69 Å². The van der Waals surface area contributed by atoms with Crippen molar-refractivity contribution in [3.63, 3.8) is 0 Å². The number of hydrazone groups is 1. The van der Waals surface area contributed by atoms with E-state index < -0.39 is 17.8 Å². The van der Waals surface area contributed by atoms with Gasteiger partial charge in [0.1, 0.15) is 0 Å². The van der Waals surface area contributed by atoms with E-state index in [1.807, 2.05) is 19.1 Å². The van der Waals surface area contributed by atoms with Crippen LogP contribution in [0.15, 0.2) is 97.5 Å². The SMILES string of the molecule is Cc1ccc(C(=O)Oc2c(Br)cc(Br)cc2C=NNC(=O)c2cccc(NC(=O)c3ccco3)c2)cc1. The van der Waals surface area contributed by atoms with E-state index in [9.17, 15) is 14.4 Å². The first kappa shape index (κ1) is 26.1. The van der Waals surface area contributed by atoms with Crippen molar-refractivity contribution in [2.24, 2.45) is 5.10 Å². The summed E-state index contributed by atoms with van der Waals surface area (Å²) in [4.78, 5) is 37.5. The molecule has 10 heteroatoms. The van der Waals surface area contributed by atoms with E-state index in [1.54, 1.807) is 48.5 Å². The van der Waals surface area contributed by atoms with Gasteiger partial charge >= 0.3 is 5.97 Å². The van der Waals surface area contributed by atoms with Crippen molar-refractivity contribution < 1.29 is 23.5 Å². The molecule has 0 fully saturated rings. The van der Waals surface area contributed by atoms with E-state index in [0.29, 0.717) is 25.8 Å². The number of hydrogen-bond acceptors (Lipinski definition) is 6. The molecule has 0 aliphatic heterocycles. The number of furan rings is 1. The number of benzene rings is 3. The molecule has 0 atom stereocenters. The van der Waals surface area contributed by atoms with E-state index in [4.69, 9.17) is 9.15 Å². The molecule has 0 spiro atoms. The highest BCUT2D eigenvalue weighted by Crippen LogP contribution is 2.32. The Balaban J connectivity index is 1.46. The van der Waals surface area contributed by atoms with Crippen LogP contribution >= 0.6 is 31.9 Å². The molecule has 0 radical (unpaired) electrons. The fourth-order valence-corrected chi connectivity index (χ4v) is 4.53. The Kier molecular flexibility index (Phi) is 8.32. The van der Waals surface area contributed by atoms with Gasteiger partial charge in [0.25, 0.3) is 11.8 Å². The topological polar surface area (TPSA) is 110 Å². The van der Waals surface area contributed by atoms with Gasteiger partial charge in [-0.3, -0.25) is 9.59 Å². The first-order chi connectivity index (χ1) is 17.8. The molecule has 0 aliphatic rings. The highest BCUT2D eigenvalue weighted by atomic mass is 79.9. The van der Waals surface area contributed by atoms with Crippen LogP contribution in [-0.2, 0) is 0 Å². The Labute approximate surface area is 229 Å². The third-order valence-corrected chi connectivity index (χ3v) is 6.06. The molecule has 3 aromatic carbocycles. The van der Waals surface area contributed by atoms with Crippen LogP contribution in [0.5, 0.6) is 5.75 Å². The largest absolute Gasteiger partial charge is 0.459 e. The summed E-state index contributed by atoms with van der Waals surface area (Å²) in [6.07, 6.45) is 2.77. The lowest BCUT2D eigenvalue weighted by Crippen LogP contribution is -2.18. The second-order valence-electron chi connectivity index (χ2n) is 7.77. The number of nitrogens with one attached hydrogen (secondary N) is 2. The van der Waals surface area contributed by atoms with Crippen LogP contribution in [0.25, 0.3) is 0 Å². The Morgan fingerprint density at radius 1 is 0.919 bits per heavy atom. The molecule has 37 heavy (non-hydrogen) atoms. The number of carbonyl (C=O) groups is 3. The lowest BCUT2D eigenvalue weighted by molar-refractivity contribution is 0.0732. The molecule has 4 rings (SSSR count). The van der Waals surface area contributed by atoms with Crippen molar-refractivity contribution in [3.05, 3.63) is 116 Å². The summed E-state index contributed by atoms with van der Waals surface area (Å²) >= 11 is 6.82. The minimum Gasteiger partial charge on any atom is -0.459 e. The van der Waals surface area contributed by atoms with Crippen molar-refractivity contribution in [2.75, 3.05) is 5.32 Å². The fraction of sp³-hybridized carbons (Fsp3) is 0.0370. The van der Waals surface area contributed by atoms with Crippen molar-refractivity contribution in [1.82, 2.24) is 5.43 Å². The maximum atomic E-state index is 12.7. The van der Waals surface area contributed by atoms with Crippen molar-refractivity contribution in [3.8, 4) is 5.75 Å². The summed E-state index contributed by atoms with van der Waals surface area (Å²) in [5.74, 6) is -1.07. The van der Waals surface area contributed by atoms with Gasteiger partial charge in [0.05, 0.1) is 22.5 Å². The number of carbonyl (C=O) groups excluding carboxylic acids is 3. The number of nitrogens with zero attached hydrogens (tertiary/aromatic N) is 1. The molecule has 186 valence electrons. The molecule has 1 aromatic heterocycles. The van der Waals surface area contributed by atoms with E-state index >= 15 is 0 Å². The van der Waals surface area contributed by atoms with Gasteiger partial charge in [0.2, 0.25) is 0 Å². The Bertz CT molecular complexity index is 1480. The highest BCUT2D eigenvalue weighted by Gasteiger charge is 2.16. The average Bonchev–Trinajstić information content (AvgIpc) is 3.42. The van der Waals surface area contributed by atoms with Gasteiger partial charge in [-0.2, -0.15) is 5.10 Å². The molecular formula is C27H19Br2N3O5. The minimum atomic E-state index is -0.532. The molecular weight excluding hydrogens is 606 g/mol. The number of halogens is 2. The lowest BCUT2D eigenvalue weighted by atomic mass is 10.1. The first-order valence-corrected chi connectivity index (χ1v) is 12.4. The van der Waals surface area contributed by atoms with Crippen LogP contribution in [0.3, 0.4) is 0 Å². The second kappa shape index (κ2) is 11.8. The van der Waals surface area contributed by atoms with E-state index in [0.717, 1.165) is 5.56 Å². The number of aryl methyl sites for hydroxylation is 1. The summed E-state index contributed by atoms with van der Waals surface area (Å²) in [5.41, 5.74) is 5.00. The van der Waals surface area contributed by atoms with Crippen LogP contribution in [0, 0.1) is 6.92 Å². The average molecular weight is 625 g/mol. The molecule has 1 heterocycles. The molecule has 0 aliphatic carbocycles. The molecule has 0 bridgehead atoms. The van der Waals surface area contributed by atoms with Crippen molar-refractivity contribution in [2.45, 2.75) is 6.92 Å². The predicted molar refractivity (Wildman–Crippen MR) is 146 cm³/mol. The number of esters is 1. The smallest absolute Gasteiger partial charge is 0.343 e. The summed E-state index contributed by atoms with van der Waals surface area (Å²) in [7, 11) is 0. The summed E-state index contributed by atoms with van der Waals surface area (Å²) in [6, 6.07) is 20.0. The normalized spacial score (nSPS) is 10.8. The number of ether oxygens (including phenoxy) is 1. The number of anilines is 1. The standard InChI is InChI=1S/C27H19Br2N3O5/c1-16-7-9-17(10-8-16)27(35)37-24-19(12-20(28)14-22(24)29)15-30-32-25(33)18-4-2-5-21(13-18)31-26(34)23-6-3-11-36-23/h2-15H,1H3,(H,31,34)(H,32,33). The zero-order valence-electron chi connectivity index (χ0n) is 19.3. The monoisotopic (exact) mass is 623 g/mol. The maximum Gasteiger partial charge on any atom is 0.343 e. The Morgan fingerprint density at radius 3 is 2.43 bits per heavy atom. The minimum absolute atomic E-state index is 0.151. The summed E-state index contributed by atoms with van der Waals surface area (Å²) in [6.45, 7) is 1.93. The lowest BCUT2D eigenvalue weighted by Gasteiger charge is -2.11. The number of hydrogen-bond donors (Lipinski definition) is 2. The quantitative estimate of drug-likeness (QED) is 0.108. The number of amides is 2. The molecule has 2 amide bonds. The van der Waals surface area contributed by atoms with Gasteiger partial charge in [-0.15, -0.1) is 0 Å². The second-order valence-corrected chi connectivity index (χ2v) is 9.54. The van der Waals surface area contributed by atoms with Gasteiger partial charge < -0.3 is 14.5 Å². The van der Waals surface area contributed by atoms with E-state index in [-0.39, 0.29) is 17.1 Å².